The lowest BCUT2D eigenvalue weighted by Gasteiger charge is -2.37. The fraction of sp³-hybridized carbons (Fsp3) is 0.368. The summed E-state index contributed by atoms with van der Waals surface area (Å²) in [7, 11) is 0. The van der Waals surface area contributed by atoms with E-state index < -0.39 is 12.5 Å². The largest absolute Gasteiger partial charge is 0.444 e. The van der Waals surface area contributed by atoms with Crippen LogP contribution >= 0.6 is 0 Å². The topological polar surface area (TPSA) is 85.3 Å². The van der Waals surface area contributed by atoms with E-state index in [0.717, 1.165) is 0 Å². The maximum absolute atomic E-state index is 12.8. The van der Waals surface area contributed by atoms with Crippen LogP contribution in [0, 0.1) is 16.7 Å². The van der Waals surface area contributed by atoms with Gasteiger partial charge in [-0.05, 0) is 23.1 Å². The number of carbonyl (C=O) groups excluding carboxylic acids is 1. The Balaban J connectivity index is 2.06. The fourth-order valence-electron chi connectivity index (χ4n) is 3.46. The number of ether oxygens (including phenoxy) is 2. The molecule has 0 amide bonds. The summed E-state index contributed by atoms with van der Waals surface area (Å²) >= 11 is 0. The predicted molar refractivity (Wildman–Crippen MR) is 88.8 cm³/mol. The van der Waals surface area contributed by atoms with E-state index in [-0.39, 0.29) is 28.4 Å². The molecule has 7 heteroatoms. The van der Waals surface area contributed by atoms with E-state index >= 15 is 0 Å². The summed E-state index contributed by atoms with van der Waals surface area (Å²) in [6, 6.07) is 7.87. The molecule has 0 saturated heterocycles. The Hall–Kier alpha value is -2.88. The zero-order valence-electron chi connectivity index (χ0n) is 14.4. The van der Waals surface area contributed by atoms with Gasteiger partial charge in [0.15, 0.2) is 5.78 Å². The second-order valence-electron chi connectivity index (χ2n) is 7.15. The van der Waals surface area contributed by atoms with Gasteiger partial charge >= 0.3 is 6.61 Å². The lowest BCUT2D eigenvalue weighted by atomic mass is 9.70. The number of alkyl halides is 2. The highest BCUT2D eigenvalue weighted by Gasteiger charge is 2.42. The number of ketones is 1. The van der Waals surface area contributed by atoms with Gasteiger partial charge in [-0.25, -0.2) is 0 Å². The molecule has 2 aliphatic rings. The molecular formula is C19H18F2N2O3. The van der Waals surface area contributed by atoms with Crippen LogP contribution in [-0.2, 0) is 9.53 Å². The second kappa shape index (κ2) is 6.45. The number of hydrogen-bond acceptors (Lipinski definition) is 5. The molecule has 26 heavy (non-hydrogen) atoms. The van der Waals surface area contributed by atoms with Crippen molar-refractivity contribution in [2.24, 2.45) is 11.1 Å². The Bertz CT molecular complexity index is 849. The quantitative estimate of drug-likeness (QED) is 0.887. The van der Waals surface area contributed by atoms with Crippen LogP contribution < -0.4 is 10.5 Å². The number of rotatable bonds is 3. The highest BCUT2D eigenvalue weighted by Crippen LogP contribution is 2.47. The van der Waals surface area contributed by atoms with Crippen molar-refractivity contribution in [2.75, 3.05) is 0 Å². The van der Waals surface area contributed by atoms with E-state index in [0.29, 0.717) is 29.7 Å². The van der Waals surface area contributed by atoms with Crippen LogP contribution in [0.3, 0.4) is 0 Å². The third-order valence-electron chi connectivity index (χ3n) is 4.51. The molecule has 2 N–H and O–H groups in total. The van der Waals surface area contributed by atoms with Crippen molar-refractivity contribution in [1.82, 2.24) is 0 Å². The molecule has 1 aromatic rings. The number of hydrogen-bond donors (Lipinski definition) is 1. The number of nitriles is 1. The fourth-order valence-corrected chi connectivity index (χ4v) is 3.46. The molecule has 1 aliphatic heterocycles. The summed E-state index contributed by atoms with van der Waals surface area (Å²) in [6.45, 7) is 0.998. The van der Waals surface area contributed by atoms with Crippen LogP contribution in [0.25, 0.3) is 0 Å². The normalized spacial score (nSPS) is 22.0. The van der Waals surface area contributed by atoms with Gasteiger partial charge in [0.2, 0.25) is 5.88 Å². The van der Waals surface area contributed by atoms with Crippen molar-refractivity contribution < 1.29 is 23.0 Å². The van der Waals surface area contributed by atoms with Gasteiger partial charge in [-0.2, -0.15) is 14.0 Å². The van der Waals surface area contributed by atoms with Gasteiger partial charge in [-0.15, -0.1) is 0 Å². The van der Waals surface area contributed by atoms with E-state index in [4.69, 9.17) is 10.5 Å². The van der Waals surface area contributed by atoms with E-state index in [1.54, 1.807) is 12.1 Å². The Morgan fingerprint density at radius 1 is 1.31 bits per heavy atom. The highest BCUT2D eigenvalue weighted by atomic mass is 19.3. The van der Waals surface area contributed by atoms with E-state index in [9.17, 15) is 18.8 Å². The first-order chi connectivity index (χ1) is 12.2. The minimum atomic E-state index is -2.93. The van der Waals surface area contributed by atoms with Crippen LogP contribution in [0.1, 0.15) is 38.2 Å². The first kappa shape index (κ1) is 17.9. The molecule has 0 spiro atoms. The maximum atomic E-state index is 12.8. The van der Waals surface area contributed by atoms with Crippen LogP contribution in [0.15, 0.2) is 47.1 Å². The zero-order valence-corrected chi connectivity index (χ0v) is 14.4. The number of halogens is 2. The van der Waals surface area contributed by atoms with Crippen molar-refractivity contribution >= 4 is 5.78 Å². The second-order valence-corrected chi connectivity index (χ2v) is 7.15. The molecule has 0 bridgehead atoms. The number of benzene rings is 1. The number of nitrogens with two attached hydrogens (primary N) is 1. The van der Waals surface area contributed by atoms with Gasteiger partial charge in [0.05, 0.1) is 5.92 Å². The first-order valence-corrected chi connectivity index (χ1v) is 8.10. The molecule has 0 unspecified atom stereocenters. The standard InChI is InChI=1S/C19H18F2N2O3/c1-19(2)7-13(24)16-14(8-19)26-17(23)12(9-22)15(16)10-3-5-11(6-4-10)25-18(20)21/h3-6,15,18H,7-8,23H2,1-2H3/t15-/m1/s1. The van der Waals surface area contributed by atoms with Gasteiger partial charge < -0.3 is 15.2 Å². The van der Waals surface area contributed by atoms with Crippen LogP contribution in [0.2, 0.25) is 0 Å². The molecule has 0 fully saturated rings. The molecule has 0 radical (unpaired) electrons. The van der Waals surface area contributed by atoms with E-state index in [2.05, 4.69) is 4.74 Å². The molecule has 0 saturated carbocycles. The molecule has 0 aromatic heterocycles. The summed E-state index contributed by atoms with van der Waals surface area (Å²) in [6.07, 6.45) is 0.855. The number of allylic oxidation sites excluding steroid dienone is 3. The van der Waals surface area contributed by atoms with Gasteiger partial charge in [-0.1, -0.05) is 26.0 Å². The zero-order chi connectivity index (χ0) is 19.1. The minimum absolute atomic E-state index is 0.00317. The molecule has 136 valence electrons. The summed E-state index contributed by atoms with van der Waals surface area (Å²) < 4.78 is 34.6. The molecule has 3 rings (SSSR count). The van der Waals surface area contributed by atoms with Crippen molar-refractivity contribution in [3.05, 3.63) is 52.6 Å². The summed E-state index contributed by atoms with van der Waals surface area (Å²) in [5.41, 5.74) is 6.80. The van der Waals surface area contributed by atoms with Gasteiger partial charge in [0.1, 0.15) is 23.2 Å². The van der Waals surface area contributed by atoms with E-state index in [1.807, 2.05) is 19.9 Å². The maximum Gasteiger partial charge on any atom is 0.387 e. The number of nitrogens with zero attached hydrogens (tertiary/aromatic N) is 1. The van der Waals surface area contributed by atoms with E-state index in [1.165, 1.54) is 12.1 Å². The third-order valence-corrected chi connectivity index (χ3v) is 4.51. The number of carbonyl (C=O) groups is 1. The molecule has 5 nitrogen and oxygen atoms in total. The highest BCUT2D eigenvalue weighted by molar-refractivity contribution is 6.00. The first-order valence-electron chi connectivity index (χ1n) is 8.10. The van der Waals surface area contributed by atoms with Crippen molar-refractivity contribution in [3.8, 4) is 11.8 Å². The monoisotopic (exact) mass is 360 g/mol. The van der Waals surface area contributed by atoms with Crippen LogP contribution in [0.5, 0.6) is 5.75 Å². The molecule has 1 aliphatic carbocycles. The SMILES string of the molecule is CC1(C)CC(=O)C2=C(C1)OC(N)=C(C#N)[C@H]2c1ccc(OC(F)F)cc1. The molecule has 1 aromatic carbocycles. The van der Waals surface area contributed by atoms with Gasteiger partial charge in [-0.3, -0.25) is 4.79 Å². The lowest BCUT2D eigenvalue weighted by molar-refractivity contribution is -0.119. The minimum Gasteiger partial charge on any atom is -0.444 e. The predicted octanol–water partition coefficient (Wildman–Crippen LogP) is 3.74. The Labute approximate surface area is 149 Å². The van der Waals surface area contributed by atoms with Crippen LogP contribution in [0.4, 0.5) is 8.78 Å². The molecule has 1 atom stereocenters. The summed E-state index contributed by atoms with van der Waals surface area (Å²) in [5, 5.41) is 9.52. The lowest BCUT2D eigenvalue weighted by Crippen LogP contribution is -2.33. The van der Waals surface area contributed by atoms with Crippen molar-refractivity contribution in [1.29, 1.82) is 5.26 Å². The van der Waals surface area contributed by atoms with Crippen molar-refractivity contribution in [2.45, 2.75) is 39.2 Å². The average molecular weight is 360 g/mol. The van der Waals surface area contributed by atoms with Crippen molar-refractivity contribution in [3.63, 3.8) is 0 Å². The Morgan fingerprint density at radius 2 is 1.96 bits per heavy atom. The Morgan fingerprint density at radius 3 is 2.54 bits per heavy atom. The smallest absolute Gasteiger partial charge is 0.387 e. The molecule has 1 heterocycles. The number of Topliss-reactive ketones (excluding diaryl/α,β-unsaturated/α-hetero) is 1. The third kappa shape index (κ3) is 3.27. The van der Waals surface area contributed by atoms with Crippen LogP contribution in [-0.4, -0.2) is 12.4 Å². The summed E-state index contributed by atoms with van der Waals surface area (Å²) in [5.74, 6) is -0.339. The molecular weight excluding hydrogens is 342 g/mol. The van der Waals surface area contributed by atoms with Gasteiger partial charge in [0.25, 0.3) is 0 Å². The summed E-state index contributed by atoms with van der Waals surface area (Å²) in [4.78, 5) is 12.8. The average Bonchev–Trinajstić information content (AvgIpc) is 2.52. The van der Waals surface area contributed by atoms with Gasteiger partial charge in [0, 0.05) is 18.4 Å². The Kier molecular flexibility index (Phi) is 4.45.